The Kier molecular flexibility index (Phi) is 4.61. The SMILES string of the molecule is COCCNCC1CC1c1ccc(OC)c(C)c1. The van der Waals surface area contributed by atoms with Gasteiger partial charge in [0.2, 0.25) is 0 Å². The van der Waals surface area contributed by atoms with E-state index in [0.29, 0.717) is 0 Å². The van der Waals surface area contributed by atoms with E-state index in [9.17, 15) is 0 Å². The van der Waals surface area contributed by atoms with Crippen LogP contribution in [0, 0.1) is 12.8 Å². The molecule has 2 unspecified atom stereocenters. The van der Waals surface area contributed by atoms with Crippen molar-refractivity contribution in [3.05, 3.63) is 29.3 Å². The Hall–Kier alpha value is -1.06. The van der Waals surface area contributed by atoms with Crippen LogP contribution in [0.4, 0.5) is 0 Å². The molecule has 1 N–H and O–H groups in total. The van der Waals surface area contributed by atoms with E-state index in [-0.39, 0.29) is 0 Å². The molecule has 0 saturated heterocycles. The molecule has 18 heavy (non-hydrogen) atoms. The predicted octanol–water partition coefficient (Wildman–Crippen LogP) is 2.34. The highest BCUT2D eigenvalue weighted by molar-refractivity contribution is 5.39. The monoisotopic (exact) mass is 249 g/mol. The van der Waals surface area contributed by atoms with Gasteiger partial charge in [-0.1, -0.05) is 12.1 Å². The van der Waals surface area contributed by atoms with Gasteiger partial charge in [-0.15, -0.1) is 0 Å². The van der Waals surface area contributed by atoms with Crippen molar-refractivity contribution in [2.45, 2.75) is 19.3 Å². The summed E-state index contributed by atoms with van der Waals surface area (Å²) in [6.45, 7) is 4.94. The lowest BCUT2D eigenvalue weighted by Crippen LogP contribution is -2.21. The Morgan fingerprint density at radius 1 is 1.33 bits per heavy atom. The zero-order valence-corrected chi connectivity index (χ0v) is 11.5. The van der Waals surface area contributed by atoms with Crippen molar-refractivity contribution in [2.75, 3.05) is 33.9 Å². The van der Waals surface area contributed by atoms with Gasteiger partial charge in [-0.25, -0.2) is 0 Å². The molecule has 1 aromatic rings. The Bertz CT molecular complexity index is 392. The van der Waals surface area contributed by atoms with E-state index >= 15 is 0 Å². The third-order valence-corrected chi connectivity index (χ3v) is 3.66. The van der Waals surface area contributed by atoms with Gasteiger partial charge >= 0.3 is 0 Å². The van der Waals surface area contributed by atoms with Gasteiger partial charge in [0.25, 0.3) is 0 Å². The largest absolute Gasteiger partial charge is 0.496 e. The maximum Gasteiger partial charge on any atom is 0.121 e. The molecule has 1 aromatic carbocycles. The van der Waals surface area contributed by atoms with Crippen LogP contribution in [0.5, 0.6) is 5.75 Å². The zero-order chi connectivity index (χ0) is 13.0. The molecule has 2 rings (SSSR count). The molecular formula is C15H23NO2. The van der Waals surface area contributed by atoms with Crippen LogP contribution in [0.3, 0.4) is 0 Å². The number of benzene rings is 1. The Morgan fingerprint density at radius 2 is 2.17 bits per heavy atom. The second-order valence-electron chi connectivity index (χ2n) is 5.03. The molecule has 0 amide bonds. The van der Waals surface area contributed by atoms with Gasteiger partial charge in [0.05, 0.1) is 13.7 Å². The molecule has 1 fully saturated rings. The predicted molar refractivity (Wildman–Crippen MR) is 73.3 cm³/mol. The van der Waals surface area contributed by atoms with Crippen LogP contribution in [0.15, 0.2) is 18.2 Å². The van der Waals surface area contributed by atoms with E-state index in [1.807, 2.05) is 0 Å². The van der Waals surface area contributed by atoms with Crippen LogP contribution in [-0.4, -0.2) is 33.9 Å². The number of hydrogen-bond donors (Lipinski definition) is 1. The zero-order valence-electron chi connectivity index (χ0n) is 11.5. The van der Waals surface area contributed by atoms with Crippen LogP contribution >= 0.6 is 0 Å². The molecule has 100 valence electrons. The summed E-state index contributed by atoms with van der Waals surface area (Å²) < 4.78 is 10.3. The van der Waals surface area contributed by atoms with Crippen molar-refractivity contribution in [3.8, 4) is 5.75 Å². The molecule has 0 aromatic heterocycles. The van der Waals surface area contributed by atoms with Crippen molar-refractivity contribution in [3.63, 3.8) is 0 Å². The molecule has 0 bridgehead atoms. The number of nitrogens with one attached hydrogen (secondary N) is 1. The topological polar surface area (TPSA) is 30.5 Å². The van der Waals surface area contributed by atoms with Gasteiger partial charge in [-0.05, 0) is 48.9 Å². The van der Waals surface area contributed by atoms with Crippen molar-refractivity contribution in [1.29, 1.82) is 0 Å². The quantitative estimate of drug-likeness (QED) is 0.752. The molecule has 3 nitrogen and oxygen atoms in total. The maximum atomic E-state index is 5.29. The highest BCUT2D eigenvalue weighted by atomic mass is 16.5. The lowest BCUT2D eigenvalue weighted by molar-refractivity contribution is 0.199. The summed E-state index contributed by atoms with van der Waals surface area (Å²) in [5, 5.41) is 3.44. The van der Waals surface area contributed by atoms with Gasteiger partial charge < -0.3 is 14.8 Å². The molecular weight excluding hydrogens is 226 g/mol. The number of aryl methyl sites for hydroxylation is 1. The molecule has 0 radical (unpaired) electrons. The van der Waals surface area contributed by atoms with Crippen LogP contribution < -0.4 is 10.1 Å². The number of hydrogen-bond acceptors (Lipinski definition) is 3. The third-order valence-electron chi connectivity index (χ3n) is 3.66. The first-order chi connectivity index (χ1) is 8.76. The van der Waals surface area contributed by atoms with E-state index in [4.69, 9.17) is 9.47 Å². The molecule has 3 heteroatoms. The molecule has 0 spiro atoms. The van der Waals surface area contributed by atoms with Crippen molar-refractivity contribution < 1.29 is 9.47 Å². The third kappa shape index (κ3) is 3.24. The van der Waals surface area contributed by atoms with Crippen LogP contribution in [0.25, 0.3) is 0 Å². The molecule has 1 saturated carbocycles. The smallest absolute Gasteiger partial charge is 0.121 e. The van der Waals surface area contributed by atoms with E-state index in [0.717, 1.165) is 37.3 Å². The van der Waals surface area contributed by atoms with E-state index < -0.39 is 0 Å². The minimum Gasteiger partial charge on any atom is -0.496 e. The number of ether oxygens (including phenoxy) is 2. The fourth-order valence-electron chi connectivity index (χ4n) is 2.48. The summed E-state index contributed by atoms with van der Waals surface area (Å²) in [6, 6.07) is 6.54. The summed E-state index contributed by atoms with van der Waals surface area (Å²) in [4.78, 5) is 0. The Balaban J connectivity index is 1.82. The lowest BCUT2D eigenvalue weighted by atomic mass is 10.1. The van der Waals surface area contributed by atoms with Crippen molar-refractivity contribution >= 4 is 0 Å². The first-order valence-corrected chi connectivity index (χ1v) is 6.60. The average Bonchev–Trinajstić information content (AvgIpc) is 3.14. The minimum atomic E-state index is 0.727. The molecule has 2 atom stereocenters. The van der Waals surface area contributed by atoms with Crippen molar-refractivity contribution in [1.82, 2.24) is 5.32 Å². The Morgan fingerprint density at radius 3 is 2.83 bits per heavy atom. The van der Waals surface area contributed by atoms with Crippen LogP contribution in [0.2, 0.25) is 0 Å². The number of methoxy groups -OCH3 is 2. The standard InChI is InChI=1S/C15H23NO2/c1-11-8-12(4-5-15(11)18-3)14-9-13(14)10-16-6-7-17-2/h4-5,8,13-14,16H,6-7,9-10H2,1-3H3. The molecule has 1 aliphatic carbocycles. The molecule has 0 aliphatic heterocycles. The second kappa shape index (κ2) is 6.21. The molecule has 0 heterocycles. The van der Waals surface area contributed by atoms with Crippen LogP contribution in [0.1, 0.15) is 23.5 Å². The summed E-state index contributed by atoms with van der Waals surface area (Å²) >= 11 is 0. The summed E-state index contributed by atoms with van der Waals surface area (Å²) in [6.07, 6.45) is 1.30. The fraction of sp³-hybridized carbons (Fsp3) is 0.600. The highest BCUT2D eigenvalue weighted by Gasteiger charge is 2.37. The minimum absolute atomic E-state index is 0.727. The van der Waals surface area contributed by atoms with E-state index in [2.05, 4.69) is 30.4 Å². The number of rotatable bonds is 7. The molecule has 1 aliphatic rings. The summed E-state index contributed by atoms with van der Waals surface area (Å²) in [7, 11) is 3.46. The average molecular weight is 249 g/mol. The van der Waals surface area contributed by atoms with E-state index in [1.165, 1.54) is 17.5 Å². The summed E-state index contributed by atoms with van der Waals surface area (Å²) in [5.41, 5.74) is 2.68. The normalized spacial score (nSPS) is 21.9. The second-order valence-corrected chi connectivity index (χ2v) is 5.03. The fourth-order valence-corrected chi connectivity index (χ4v) is 2.48. The van der Waals surface area contributed by atoms with Gasteiger partial charge in [0.15, 0.2) is 0 Å². The first kappa shape index (κ1) is 13.4. The van der Waals surface area contributed by atoms with Gasteiger partial charge in [-0.3, -0.25) is 0 Å². The lowest BCUT2D eigenvalue weighted by Gasteiger charge is -2.07. The van der Waals surface area contributed by atoms with Crippen molar-refractivity contribution in [2.24, 2.45) is 5.92 Å². The highest BCUT2D eigenvalue weighted by Crippen LogP contribution is 2.47. The first-order valence-electron chi connectivity index (χ1n) is 6.60. The van der Waals surface area contributed by atoms with E-state index in [1.54, 1.807) is 14.2 Å². The van der Waals surface area contributed by atoms with Gasteiger partial charge in [0, 0.05) is 13.7 Å². The maximum absolute atomic E-state index is 5.29. The van der Waals surface area contributed by atoms with Crippen LogP contribution in [-0.2, 0) is 4.74 Å². The Labute approximate surface area is 109 Å². The van der Waals surface area contributed by atoms with Gasteiger partial charge in [0.1, 0.15) is 5.75 Å². The van der Waals surface area contributed by atoms with Gasteiger partial charge in [-0.2, -0.15) is 0 Å². The summed E-state index contributed by atoms with van der Waals surface area (Å²) in [5.74, 6) is 2.49.